The molecule has 0 aliphatic heterocycles. The number of carbonyl (C=O) groups excluding carboxylic acids is 1. The molecule has 17 heavy (non-hydrogen) atoms. The van der Waals surface area contributed by atoms with Crippen LogP contribution < -0.4 is 5.73 Å². The topological polar surface area (TPSA) is 63.3 Å². The first kappa shape index (κ1) is 13.5. The van der Waals surface area contributed by atoms with Crippen molar-refractivity contribution in [2.45, 2.75) is 25.1 Å². The Morgan fingerprint density at radius 1 is 1.24 bits per heavy atom. The lowest BCUT2D eigenvalue weighted by atomic mass is 9.90. The van der Waals surface area contributed by atoms with Crippen molar-refractivity contribution in [1.29, 1.82) is 0 Å². The fraction of sp³-hybridized carbons (Fsp3) is 0.364. The number of alkyl halides is 3. The Morgan fingerprint density at radius 3 is 1.94 bits per heavy atom. The summed E-state index contributed by atoms with van der Waals surface area (Å²) < 4.78 is 36.9. The van der Waals surface area contributed by atoms with Crippen LogP contribution in [0.3, 0.4) is 0 Å². The number of primary amides is 1. The predicted octanol–water partition coefficient (Wildman–Crippen LogP) is 1.79. The molecule has 1 aromatic rings. The first-order valence-corrected chi connectivity index (χ1v) is 4.92. The van der Waals surface area contributed by atoms with Gasteiger partial charge in [-0.05, 0) is 24.1 Å². The van der Waals surface area contributed by atoms with Gasteiger partial charge in [-0.1, -0.05) is 19.1 Å². The smallest absolute Gasteiger partial charge is 0.375 e. The molecule has 1 unspecified atom stereocenters. The van der Waals surface area contributed by atoms with Gasteiger partial charge in [0.25, 0.3) is 5.91 Å². The molecule has 1 aromatic carbocycles. The van der Waals surface area contributed by atoms with E-state index < -0.39 is 23.2 Å². The maximum absolute atomic E-state index is 12.3. The molecule has 0 fully saturated rings. The average molecular weight is 247 g/mol. The molecule has 1 atom stereocenters. The molecule has 3 N–H and O–H groups in total. The summed E-state index contributed by atoms with van der Waals surface area (Å²) in [6.07, 6.45) is -4.46. The van der Waals surface area contributed by atoms with E-state index in [-0.39, 0.29) is 12.0 Å². The number of amides is 1. The van der Waals surface area contributed by atoms with Crippen LogP contribution in [0.4, 0.5) is 13.2 Å². The number of nitrogens with two attached hydrogens (primary N) is 1. The Kier molecular flexibility index (Phi) is 3.47. The second kappa shape index (κ2) is 4.37. The van der Waals surface area contributed by atoms with E-state index in [2.05, 4.69) is 0 Å². The maximum atomic E-state index is 12.3. The second-order valence-corrected chi connectivity index (χ2v) is 3.65. The normalized spacial score (nSPS) is 15.4. The van der Waals surface area contributed by atoms with Crippen LogP contribution in [0.25, 0.3) is 0 Å². The Labute approximate surface area is 96.0 Å². The van der Waals surface area contributed by atoms with E-state index in [1.807, 2.05) is 0 Å². The van der Waals surface area contributed by atoms with Crippen molar-refractivity contribution >= 4 is 5.91 Å². The molecule has 6 heteroatoms. The fourth-order valence-corrected chi connectivity index (χ4v) is 1.46. The van der Waals surface area contributed by atoms with Gasteiger partial charge < -0.3 is 10.8 Å². The van der Waals surface area contributed by atoms with E-state index in [9.17, 15) is 23.1 Å². The van der Waals surface area contributed by atoms with Crippen LogP contribution in [-0.4, -0.2) is 11.0 Å². The van der Waals surface area contributed by atoms with Crippen molar-refractivity contribution in [3.63, 3.8) is 0 Å². The lowest BCUT2D eigenvalue weighted by Gasteiger charge is -2.23. The highest BCUT2D eigenvalue weighted by Gasteiger charge is 2.35. The summed E-state index contributed by atoms with van der Waals surface area (Å²) in [4.78, 5) is 11.1. The summed E-state index contributed by atoms with van der Waals surface area (Å²) in [5, 5.41) is 9.91. The van der Waals surface area contributed by atoms with Crippen LogP contribution in [0, 0.1) is 0 Å². The summed E-state index contributed by atoms with van der Waals surface area (Å²) in [7, 11) is 0. The minimum Gasteiger partial charge on any atom is -0.375 e. The van der Waals surface area contributed by atoms with Gasteiger partial charge in [-0.15, -0.1) is 0 Å². The number of hydrogen-bond donors (Lipinski definition) is 2. The highest BCUT2D eigenvalue weighted by Crippen LogP contribution is 2.31. The lowest BCUT2D eigenvalue weighted by molar-refractivity contribution is -0.138. The third kappa shape index (κ3) is 2.58. The van der Waals surface area contributed by atoms with Gasteiger partial charge in [0.2, 0.25) is 0 Å². The molecule has 94 valence electrons. The van der Waals surface area contributed by atoms with Gasteiger partial charge in [-0.3, -0.25) is 4.79 Å². The number of halogens is 3. The van der Waals surface area contributed by atoms with Gasteiger partial charge in [-0.25, -0.2) is 0 Å². The molecule has 0 saturated carbocycles. The van der Waals surface area contributed by atoms with Crippen LogP contribution in [-0.2, 0) is 16.6 Å². The lowest BCUT2D eigenvalue weighted by Crippen LogP contribution is -2.40. The minimum absolute atomic E-state index is 0.00625. The maximum Gasteiger partial charge on any atom is 0.416 e. The molecule has 0 aromatic heterocycles. The largest absolute Gasteiger partial charge is 0.416 e. The summed E-state index contributed by atoms with van der Waals surface area (Å²) in [6, 6.07) is 3.71. The summed E-state index contributed by atoms with van der Waals surface area (Å²) in [5.41, 5.74) is 2.31. The van der Waals surface area contributed by atoms with E-state index in [1.54, 1.807) is 0 Å². The molecule has 0 aliphatic rings. The molecular weight excluding hydrogens is 235 g/mol. The summed E-state index contributed by atoms with van der Waals surface area (Å²) in [6.45, 7) is 1.52. The average Bonchev–Trinajstić information content (AvgIpc) is 2.26. The number of aliphatic hydroxyl groups is 1. The van der Waals surface area contributed by atoms with Crippen LogP contribution in [0.1, 0.15) is 24.5 Å². The van der Waals surface area contributed by atoms with Crippen LogP contribution in [0.2, 0.25) is 0 Å². The number of rotatable bonds is 3. The summed E-state index contributed by atoms with van der Waals surface area (Å²) in [5.74, 6) is -0.986. The highest BCUT2D eigenvalue weighted by atomic mass is 19.4. The Balaban J connectivity index is 3.14. The Morgan fingerprint density at radius 2 is 1.65 bits per heavy atom. The summed E-state index contributed by atoms with van der Waals surface area (Å²) >= 11 is 0. The molecule has 0 heterocycles. The number of benzene rings is 1. The van der Waals surface area contributed by atoms with Gasteiger partial charge in [0.05, 0.1) is 5.56 Å². The van der Waals surface area contributed by atoms with Crippen molar-refractivity contribution in [3.05, 3.63) is 35.4 Å². The molecule has 0 saturated heterocycles. The predicted molar refractivity (Wildman–Crippen MR) is 54.8 cm³/mol. The standard InChI is InChI=1S/C11H12F3NO2/c1-2-10(17,9(15)16)7-3-5-8(6-4-7)11(12,13)14/h3-6,17H,2H2,1H3,(H2,15,16). The zero-order chi connectivity index (χ0) is 13.3. The van der Waals surface area contributed by atoms with Crippen LogP contribution in [0.15, 0.2) is 24.3 Å². The molecule has 1 rings (SSSR count). The number of hydrogen-bond acceptors (Lipinski definition) is 2. The Bertz CT molecular complexity index is 414. The highest BCUT2D eigenvalue weighted by molar-refractivity contribution is 5.84. The van der Waals surface area contributed by atoms with Gasteiger partial charge in [0.15, 0.2) is 5.60 Å². The molecule has 0 aliphatic carbocycles. The fourth-order valence-electron chi connectivity index (χ4n) is 1.46. The van der Waals surface area contributed by atoms with Crippen LogP contribution in [0.5, 0.6) is 0 Å². The molecular formula is C11H12F3NO2. The van der Waals surface area contributed by atoms with Crippen molar-refractivity contribution in [2.75, 3.05) is 0 Å². The molecule has 1 amide bonds. The van der Waals surface area contributed by atoms with Crippen molar-refractivity contribution in [3.8, 4) is 0 Å². The number of carbonyl (C=O) groups is 1. The van der Waals surface area contributed by atoms with E-state index in [0.717, 1.165) is 24.3 Å². The van der Waals surface area contributed by atoms with Gasteiger partial charge in [-0.2, -0.15) is 13.2 Å². The zero-order valence-corrected chi connectivity index (χ0v) is 9.08. The quantitative estimate of drug-likeness (QED) is 0.855. The zero-order valence-electron chi connectivity index (χ0n) is 9.08. The first-order chi connectivity index (χ1) is 7.71. The second-order valence-electron chi connectivity index (χ2n) is 3.65. The molecule has 3 nitrogen and oxygen atoms in total. The third-order valence-corrected chi connectivity index (χ3v) is 2.61. The van der Waals surface area contributed by atoms with E-state index in [0.29, 0.717) is 0 Å². The third-order valence-electron chi connectivity index (χ3n) is 2.61. The van der Waals surface area contributed by atoms with Crippen molar-refractivity contribution < 1.29 is 23.1 Å². The van der Waals surface area contributed by atoms with Gasteiger partial charge >= 0.3 is 6.18 Å². The van der Waals surface area contributed by atoms with Gasteiger partial charge in [0.1, 0.15) is 0 Å². The van der Waals surface area contributed by atoms with Crippen molar-refractivity contribution in [1.82, 2.24) is 0 Å². The van der Waals surface area contributed by atoms with Gasteiger partial charge in [0, 0.05) is 0 Å². The monoisotopic (exact) mass is 247 g/mol. The molecule has 0 radical (unpaired) electrons. The van der Waals surface area contributed by atoms with E-state index in [4.69, 9.17) is 5.73 Å². The van der Waals surface area contributed by atoms with E-state index >= 15 is 0 Å². The molecule has 0 bridgehead atoms. The first-order valence-electron chi connectivity index (χ1n) is 4.92. The van der Waals surface area contributed by atoms with Crippen LogP contribution >= 0.6 is 0 Å². The SMILES string of the molecule is CCC(O)(C(N)=O)c1ccc(C(F)(F)F)cc1. The van der Waals surface area contributed by atoms with E-state index in [1.165, 1.54) is 6.92 Å². The Hall–Kier alpha value is -1.56. The van der Waals surface area contributed by atoms with Crippen molar-refractivity contribution in [2.24, 2.45) is 5.73 Å². The molecule has 0 spiro atoms. The minimum atomic E-state index is -4.45.